The minimum Gasteiger partial charge on any atom is -0.313 e. The van der Waals surface area contributed by atoms with Gasteiger partial charge in [0.25, 0.3) is 0 Å². The molecular formula is C16H20N2O2S. The zero-order valence-corrected chi connectivity index (χ0v) is 12.8. The number of hydrogen-bond donors (Lipinski definition) is 1. The molecule has 1 N–H and O–H groups in total. The Bertz CT molecular complexity index is 663. The molecule has 4 nitrogen and oxygen atoms in total. The maximum Gasteiger partial charge on any atom is 0.179 e. The lowest BCUT2D eigenvalue weighted by Gasteiger charge is -2.22. The molecule has 2 aliphatic carbocycles. The number of sulfone groups is 1. The van der Waals surface area contributed by atoms with Crippen molar-refractivity contribution >= 4 is 9.84 Å². The summed E-state index contributed by atoms with van der Waals surface area (Å²) in [5.41, 5.74) is 0.386. The molecule has 1 aromatic rings. The van der Waals surface area contributed by atoms with Crippen molar-refractivity contribution in [3.63, 3.8) is 0 Å². The lowest BCUT2D eigenvalue weighted by atomic mass is 9.95. The minimum absolute atomic E-state index is 0.0930. The molecule has 5 heteroatoms. The number of hydrogen-bond acceptors (Lipinski definition) is 4. The molecule has 3 atom stereocenters. The van der Waals surface area contributed by atoms with E-state index in [1.807, 2.05) is 6.07 Å². The highest BCUT2D eigenvalue weighted by Crippen LogP contribution is 2.44. The second-order valence-corrected chi connectivity index (χ2v) is 8.30. The number of nitrogens with one attached hydrogen (secondary N) is 1. The van der Waals surface area contributed by atoms with Crippen LogP contribution in [0, 0.1) is 23.2 Å². The molecule has 2 saturated carbocycles. The summed E-state index contributed by atoms with van der Waals surface area (Å²) in [6.45, 7) is 0.493. The maximum atomic E-state index is 12.3. The summed E-state index contributed by atoms with van der Waals surface area (Å²) < 4.78 is 24.6. The summed E-state index contributed by atoms with van der Waals surface area (Å²) in [6.07, 6.45) is 5.16. The lowest BCUT2D eigenvalue weighted by molar-refractivity contribution is 0.358. The van der Waals surface area contributed by atoms with Gasteiger partial charge >= 0.3 is 0 Å². The van der Waals surface area contributed by atoms with Crippen molar-refractivity contribution in [2.24, 2.45) is 11.8 Å². The Balaban J connectivity index is 1.57. The zero-order chi connectivity index (χ0) is 14.9. The number of rotatable bonds is 5. The predicted octanol–water partition coefficient (Wildman–Crippen LogP) is 2.11. The SMILES string of the molecule is N#Cc1cccc(S(=O)(=O)CCNC2CC3CCC2C3)c1. The van der Waals surface area contributed by atoms with Crippen LogP contribution in [-0.4, -0.2) is 26.8 Å². The van der Waals surface area contributed by atoms with Gasteiger partial charge in [0, 0.05) is 12.6 Å². The highest BCUT2D eigenvalue weighted by molar-refractivity contribution is 7.91. The van der Waals surface area contributed by atoms with Gasteiger partial charge in [-0.25, -0.2) is 8.42 Å². The van der Waals surface area contributed by atoms with Gasteiger partial charge in [-0.3, -0.25) is 0 Å². The van der Waals surface area contributed by atoms with Crippen molar-refractivity contribution in [3.05, 3.63) is 29.8 Å². The van der Waals surface area contributed by atoms with Gasteiger partial charge in [-0.05, 0) is 49.3 Å². The van der Waals surface area contributed by atoms with Gasteiger partial charge in [0.15, 0.2) is 9.84 Å². The number of nitrogens with zero attached hydrogens (tertiary/aromatic N) is 1. The summed E-state index contributed by atoms with van der Waals surface area (Å²) in [5, 5.41) is 12.3. The summed E-state index contributed by atoms with van der Waals surface area (Å²) in [5.74, 6) is 1.70. The van der Waals surface area contributed by atoms with Crippen molar-refractivity contribution < 1.29 is 8.42 Å². The first kappa shape index (κ1) is 14.6. The fourth-order valence-electron chi connectivity index (χ4n) is 3.75. The largest absolute Gasteiger partial charge is 0.313 e. The van der Waals surface area contributed by atoms with E-state index in [1.165, 1.54) is 31.7 Å². The predicted molar refractivity (Wildman–Crippen MR) is 80.4 cm³/mol. The molecular weight excluding hydrogens is 284 g/mol. The highest BCUT2D eigenvalue weighted by atomic mass is 32.2. The Morgan fingerprint density at radius 3 is 2.81 bits per heavy atom. The van der Waals surface area contributed by atoms with Crippen LogP contribution in [0.3, 0.4) is 0 Å². The number of nitriles is 1. The number of fused-ring (bicyclic) bond motifs is 2. The van der Waals surface area contributed by atoms with E-state index in [-0.39, 0.29) is 10.6 Å². The zero-order valence-electron chi connectivity index (χ0n) is 12.0. The standard InChI is InChI=1S/C16H20N2O2S/c17-11-13-2-1-3-15(9-13)21(19,20)7-6-18-16-10-12-4-5-14(16)8-12/h1-3,9,12,14,16,18H,4-8,10H2. The van der Waals surface area contributed by atoms with Crippen LogP contribution in [0.1, 0.15) is 31.2 Å². The minimum atomic E-state index is -3.31. The third-order valence-corrected chi connectivity index (χ3v) is 6.55. The van der Waals surface area contributed by atoms with Crippen LogP contribution >= 0.6 is 0 Å². The van der Waals surface area contributed by atoms with Crippen LogP contribution in [0.15, 0.2) is 29.2 Å². The van der Waals surface area contributed by atoms with Crippen molar-refractivity contribution in [2.75, 3.05) is 12.3 Å². The Labute approximate surface area is 126 Å². The van der Waals surface area contributed by atoms with Crippen molar-refractivity contribution in [1.82, 2.24) is 5.32 Å². The molecule has 2 fully saturated rings. The first-order valence-electron chi connectivity index (χ1n) is 7.55. The fourth-order valence-corrected chi connectivity index (χ4v) is 4.97. The third-order valence-electron chi connectivity index (χ3n) is 4.84. The number of benzene rings is 1. The molecule has 0 spiro atoms. The lowest BCUT2D eigenvalue weighted by Crippen LogP contribution is -2.36. The third kappa shape index (κ3) is 3.12. The first-order valence-corrected chi connectivity index (χ1v) is 9.20. The van der Waals surface area contributed by atoms with Crippen LogP contribution in [0.2, 0.25) is 0 Å². The Hall–Kier alpha value is -1.38. The van der Waals surface area contributed by atoms with E-state index in [0.717, 1.165) is 11.8 Å². The van der Waals surface area contributed by atoms with Gasteiger partial charge in [-0.15, -0.1) is 0 Å². The van der Waals surface area contributed by atoms with E-state index >= 15 is 0 Å². The summed E-state index contributed by atoms with van der Waals surface area (Å²) in [7, 11) is -3.31. The maximum absolute atomic E-state index is 12.3. The summed E-state index contributed by atoms with van der Waals surface area (Å²) in [4.78, 5) is 0.247. The van der Waals surface area contributed by atoms with Gasteiger partial charge in [0.05, 0.1) is 22.3 Å². The van der Waals surface area contributed by atoms with Crippen molar-refractivity contribution in [3.8, 4) is 6.07 Å². The van der Waals surface area contributed by atoms with E-state index in [1.54, 1.807) is 18.2 Å². The molecule has 2 aliphatic rings. The average Bonchev–Trinajstić information content (AvgIpc) is 3.10. The molecule has 0 saturated heterocycles. The molecule has 112 valence electrons. The van der Waals surface area contributed by atoms with E-state index in [2.05, 4.69) is 5.32 Å². The Morgan fingerprint density at radius 1 is 1.29 bits per heavy atom. The fraction of sp³-hybridized carbons (Fsp3) is 0.562. The average molecular weight is 304 g/mol. The molecule has 0 aliphatic heterocycles. The van der Waals surface area contributed by atoms with Gasteiger partial charge in [0.2, 0.25) is 0 Å². The molecule has 0 amide bonds. The van der Waals surface area contributed by atoms with Crippen LogP contribution < -0.4 is 5.32 Å². The monoisotopic (exact) mass is 304 g/mol. The molecule has 3 unspecified atom stereocenters. The van der Waals surface area contributed by atoms with Crippen molar-refractivity contribution in [2.45, 2.75) is 36.6 Å². The molecule has 0 aromatic heterocycles. The van der Waals surface area contributed by atoms with Crippen molar-refractivity contribution in [1.29, 1.82) is 5.26 Å². The van der Waals surface area contributed by atoms with E-state index in [4.69, 9.17) is 5.26 Å². The van der Waals surface area contributed by atoms with Crippen LogP contribution in [0.25, 0.3) is 0 Å². The summed E-state index contributed by atoms with van der Waals surface area (Å²) in [6, 6.07) is 8.73. The molecule has 1 aromatic carbocycles. The van der Waals surface area contributed by atoms with Crippen LogP contribution in [0.5, 0.6) is 0 Å². The summed E-state index contributed by atoms with van der Waals surface area (Å²) >= 11 is 0. The quantitative estimate of drug-likeness (QED) is 0.904. The molecule has 0 radical (unpaired) electrons. The first-order chi connectivity index (χ1) is 10.1. The smallest absolute Gasteiger partial charge is 0.179 e. The van der Waals surface area contributed by atoms with E-state index in [0.29, 0.717) is 18.2 Å². The Kier molecular flexibility index (Phi) is 4.01. The Morgan fingerprint density at radius 2 is 2.14 bits per heavy atom. The van der Waals surface area contributed by atoms with Gasteiger partial charge in [-0.1, -0.05) is 12.5 Å². The van der Waals surface area contributed by atoms with Gasteiger partial charge in [-0.2, -0.15) is 5.26 Å². The normalized spacial score (nSPS) is 27.7. The second kappa shape index (κ2) is 5.78. The highest BCUT2D eigenvalue weighted by Gasteiger charge is 2.39. The molecule has 0 heterocycles. The van der Waals surface area contributed by atoms with Gasteiger partial charge in [0.1, 0.15) is 0 Å². The van der Waals surface area contributed by atoms with E-state index < -0.39 is 9.84 Å². The molecule has 3 rings (SSSR count). The van der Waals surface area contributed by atoms with Crippen LogP contribution in [0.4, 0.5) is 0 Å². The van der Waals surface area contributed by atoms with Crippen LogP contribution in [-0.2, 0) is 9.84 Å². The van der Waals surface area contributed by atoms with E-state index in [9.17, 15) is 8.42 Å². The van der Waals surface area contributed by atoms with Gasteiger partial charge < -0.3 is 5.32 Å². The second-order valence-electron chi connectivity index (χ2n) is 6.19. The molecule has 2 bridgehead atoms. The topological polar surface area (TPSA) is 70.0 Å². The molecule has 21 heavy (non-hydrogen) atoms.